The highest BCUT2D eigenvalue weighted by Crippen LogP contribution is 2.21. The first kappa shape index (κ1) is 19.0. The number of aliphatic imine (C=N–C) groups is 1. The van der Waals surface area contributed by atoms with Gasteiger partial charge in [-0.1, -0.05) is 26.8 Å². The fraction of sp³-hybridized carbons (Fsp3) is 0.526. The van der Waals surface area contributed by atoms with Crippen molar-refractivity contribution in [3.63, 3.8) is 0 Å². The van der Waals surface area contributed by atoms with Crippen molar-refractivity contribution in [3.8, 4) is 5.82 Å². The van der Waals surface area contributed by atoms with Gasteiger partial charge in [0.15, 0.2) is 5.96 Å². The maximum atomic E-state index is 4.47. The Kier molecular flexibility index (Phi) is 6.56. The van der Waals surface area contributed by atoms with Crippen LogP contribution in [0.5, 0.6) is 0 Å². The minimum absolute atomic E-state index is 0.357. The van der Waals surface area contributed by atoms with Crippen LogP contribution in [-0.4, -0.2) is 33.6 Å². The van der Waals surface area contributed by atoms with Gasteiger partial charge in [-0.05, 0) is 36.8 Å². The molecular weight excluding hydrogens is 312 g/mol. The van der Waals surface area contributed by atoms with E-state index in [1.54, 1.807) is 19.6 Å². The number of aromatic nitrogens is 3. The van der Waals surface area contributed by atoms with Gasteiger partial charge in [0.05, 0.1) is 0 Å². The van der Waals surface area contributed by atoms with Gasteiger partial charge < -0.3 is 10.6 Å². The maximum Gasteiger partial charge on any atom is 0.191 e. The lowest BCUT2D eigenvalue weighted by Gasteiger charge is -2.23. The Morgan fingerprint density at radius 3 is 2.68 bits per heavy atom. The topological polar surface area (TPSA) is 67.1 Å². The van der Waals surface area contributed by atoms with Crippen molar-refractivity contribution in [2.45, 2.75) is 53.1 Å². The summed E-state index contributed by atoms with van der Waals surface area (Å²) in [6.45, 7) is 9.69. The molecule has 0 aliphatic heterocycles. The van der Waals surface area contributed by atoms with Gasteiger partial charge in [-0.25, -0.2) is 9.97 Å². The fourth-order valence-corrected chi connectivity index (χ4v) is 2.40. The smallest absolute Gasteiger partial charge is 0.191 e. The first-order chi connectivity index (χ1) is 11.9. The normalized spacial score (nSPS) is 13.6. The molecule has 6 nitrogen and oxygen atoms in total. The van der Waals surface area contributed by atoms with Gasteiger partial charge in [0.1, 0.15) is 12.1 Å². The van der Waals surface area contributed by atoms with E-state index in [4.69, 9.17) is 0 Å². The van der Waals surface area contributed by atoms with Crippen LogP contribution in [-0.2, 0) is 6.54 Å². The zero-order chi connectivity index (χ0) is 18.3. The van der Waals surface area contributed by atoms with Gasteiger partial charge in [0.2, 0.25) is 0 Å². The highest BCUT2D eigenvalue weighted by Gasteiger charge is 2.13. The summed E-state index contributed by atoms with van der Waals surface area (Å²) < 4.78 is 1.88. The van der Waals surface area contributed by atoms with Crippen LogP contribution in [0.4, 0.5) is 0 Å². The summed E-state index contributed by atoms with van der Waals surface area (Å²) in [4.78, 5) is 12.8. The minimum atomic E-state index is 0.357. The molecule has 2 rings (SSSR count). The molecule has 2 N–H and O–H groups in total. The summed E-state index contributed by atoms with van der Waals surface area (Å²) in [5.74, 6) is 1.68. The molecule has 6 heteroatoms. The summed E-state index contributed by atoms with van der Waals surface area (Å²) >= 11 is 0. The van der Waals surface area contributed by atoms with E-state index in [1.807, 2.05) is 23.0 Å². The van der Waals surface area contributed by atoms with E-state index < -0.39 is 0 Å². The van der Waals surface area contributed by atoms with E-state index in [-0.39, 0.29) is 0 Å². The van der Waals surface area contributed by atoms with Crippen molar-refractivity contribution in [2.24, 2.45) is 10.4 Å². The third kappa shape index (κ3) is 6.57. The molecule has 2 heterocycles. The standard InChI is InChI=1S/C19H30N6/c1-15(8-9-19(2,3)4)24-18(20-5)23-13-16-6-7-17(22-12-16)25-11-10-21-14-25/h6-7,10-12,14-15H,8-9,13H2,1-5H3,(H2,20,23,24). The molecule has 136 valence electrons. The number of rotatable bonds is 6. The van der Waals surface area contributed by atoms with E-state index in [0.29, 0.717) is 18.0 Å². The quantitative estimate of drug-likeness (QED) is 0.625. The molecule has 0 amide bonds. The second-order valence-electron chi connectivity index (χ2n) is 7.57. The van der Waals surface area contributed by atoms with Crippen molar-refractivity contribution in [1.82, 2.24) is 25.2 Å². The molecule has 25 heavy (non-hydrogen) atoms. The average Bonchev–Trinajstić information content (AvgIpc) is 3.11. The minimum Gasteiger partial charge on any atom is -0.354 e. The van der Waals surface area contributed by atoms with E-state index >= 15 is 0 Å². The van der Waals surface area contributed by atoms with E-state index in [2.05, 4.69) is 59.4 Å². The number of pyridine rings is 1. The monoisotopic (exact) mass is 342 g/mol. The molecule has 0 saturated carbocycles. The number of hydrogen-bond acceptors (Lipinski definition) is 3. The number of nitrogens with one attached hydrogen (secondary N) is 2. The van der Waals surface area contributed by atoms with Crippen molar-refractivity contribution in [1.29, 1.82) is 0 Å². The Bertz CT molecular complexity index is 652. The molecule has 0 bridgehead atoms. The predicted octanol–water partition coefficient (Wildman–Crippen LogP) is 3.15. The van der Waals surface area contributed by atoms with Gasteiger partial charge in [-0.15, -0.1) is 0 Å². The Balaban J connectivity index is 1.82. The van der Waals surface area contributed by atoms with E-state index in [1.165, 1.54) is 6.42 Å². The van der Waals surface area contributed by atoms with Gasteiger partial charge in [-0.2, -0.15) is 0 Å². The molecular formula is C19H30N6. The largest absolute Gasteiger partial charge is 0.354 e. The first-order valence-electron chi connectivity index (χ1n) is 8.78. The van der Waals surface area contributed by atoms with Crippen LogP contribution in [0.2, 0.25) is 0 Å². The lowest BCUT2D eigenvalue weighted by molar-refractivity contribution is 0.346. The molecule has 0 aliphatic carbocycles. The SMILES string of the molecule is CN=C(NCc1ccc(-n2ccnc2)nc1)NC(C)CCC(C)(C)C. The zero-order valence-electron chi connectivity index (χ0n) is 16.0. The second-order valence-corrected chi connectivity index (χ2v) is 7.57. The van der Waals surface area contributed by atoms with Gasteiger partial charge >= 0.3 is 0 Å². The highest BCUT2D eigenvalue weighted by molar-refractivity contribution is 5.79. The Morgan fingerprint density at radius 2 is 2.12 bits per heavy atom. The average molecular weight is 342 g/mol. The molecule has 0 spiro atoms. The molecule has 1 atom stereocenters. The summed E-state index contributed by atoms with van der Waals surface area (Å²) in [5, 5.41) is 6.80. The third-order valence-electron chi connectivity index (χ3n) is 3.97. The third-order valence-corrected chi connectivity index (χ3v) is 3.97. The van der Waals surface area contributed by atoms with Crippen molar-refractivity contribution >= 4 is 5.96 Å². The van der Waals surface area contributed by atoms with Crippen molar-refractivity contribution in [2.75, 3.05) is 7.05 Å². The number of guanidine groups is 1. The van der Waals surface area contributed by atoms with Crippen LogP contribution in [0, 0.1) is 5.41 Å². The zero-order valence-corrected chi connectivity index (χ0v) is 16.0. The molecule has 0 saturated heterocycles. The van der Waals surface area contributed by atoms with Crippen molar-refractivity contribution in [3.05, 3.63) is 42.6 Å². The van der Waals surface area contributed by atoms with Crippen LogP contribution in [0.3, 0.4) is 0 Å². The van der Waals surface area contributed by atoms with Gasteiger partial charge in [0.25, 0.3) is 0 Å². The first-order valence-corrected chi connectivity index (χ1v) is 8.78. The summed E-state index contributed by atoms with van der Waals surface area (Å²) in [7, 11) is 1.80. The molecule has 2 aromatic heterocycles. The van der Waals surface area contributed by atoms with Crippen molar-refractivity contribution < 1.29 is 0 Å². The number of hydrogen-bond donors (Lipinski definition) is 2. The van der Waals surface area contributed by atoms with Crippen LogP contribution < -0.4 is 10.6 Å². The van der Waals surface area contributed by atoms with Crippen LogP contribution in [0.1, 0.15) is 46.1 Å². The Hall–Kier alpha value is -2.37. The lowest BCUT2D eigenvalue weighted by atomic mass is 9.89. The Labute approximate surface area is 150 Å². The van der Waals surface area contributed by atoms with Crippen LogP contribution in [0.15, 0.2) is 42.0 Å². The highest BCUT2D eigenvalue weighted by atomic mass is 15.2. The predicted molar refractivity (Wildman–Crippen MR) is 103 cm³/mol. The maximum absolute atomic E-state index is 4.47. The molecule has 0 aliphatic rings. The van der Waals surface area contributed by atoms with E-state index in [9.17, 15) is 0 Å². The summed E-state index contributed by atoms with van der Waals surface area (Å²) in [5.41, 5.74) is 1.46. The number of nitrogens with zero attached hydrogens (tertiary/aromatic N) is 4. The molecule has 0 fully saturated rings. The molecule has 0 radical (unpaired) electrons. The summed E-state index contributed by atoms with van der Waals surface area (Å²) in [6, 6.07) is 4.43. The molecule has 0 aromatic carbocycles. The number of imidazole rings is 1. The van der Waals surface area contributed by atoms with Crippen LogP contribution in [0.25, 0.3) is 5.82 Å². The molecule has 1 unspecified atom stereocenters. The second kappa shape index (κ2) is 8.65. The Morgan fingerprint density at radius 1 is 1.32 bits per heavy atom. The fourth-order valence-electron chi connectivity index (χ4n) is 2.40. The molecule has 2 aromatic rings. The van der Waals surface area contributed by atoms with Gasteiger partial charge in [0, 0.05) is 38.2 Å². The van der Waals surface area contributed by atoms with Gasteiger partial charge in [-0.3, -0.25) is 9.56 Å². The lowest BCUT2D eigenvalue weighted by Crippen LogP contribution is -2.42. The van der Waals surface area contributed by atoms with E-state index in [0.717, 1.165) is 23.8 Å². The summed E-state index contributed by atoms with van der Waals surface area (Å²) in [6.07, 6.45) is 9.53. The van der Waals surface area contributed by atoms with Crippen LogP contribution >= 0.6 is 0 Å².